The Morgan fingerprint density at radius 1 is 1.27 bits per heavy atom. The van der Waals surface area contributed by atoms with Crippen molar-refractivity contribution in [2.45, 2.75) is 0 Å². The summed E-state index contributed by atoms with van der Waals surface area (Å²) in [5.41, 5.74) is 0.456. The molecule has 0 aliphatic rings. The molecule has 0 fully saturated rings. The fourth-order valence-corrected chi connectivity index (χ4v) is 0.708. The molecule has 1 rings (SSSR count). The predicted octanol–water partition coefficient (Wildman–Crippen LogP) is 1.99. The molecule has 0 radical (unpaired) electrons. The van der Waals surface area contributed by atoms with Crippen LogP contribution in [0.15, 0.2) is 30.3 Å². The van der Waals surface area contributed by atoms with Crippen molar-refractivity contribution in [3.05, 3.63) is 35.9 Å². The Morgan fingerprint density at radius 3 is 2.27 bits per heavy atom. The van der Waals surface area contributed by atoms with Crippen LogP contribution in [0.2, 0.25) is 0 Å². The molecule has 0 aliphatic carbocycles. The van der Waals surface area contributed by atoms with Crippen molar-refractivity contribution >= 4 is 17.8 Å². The number of hydrogen-bond acceptors (Lipinski definition) is 2. The molecule has 0 aromatic heterocycles. The van der Waals surface area contributed by atoms with E-state index in [4.69, 9.17) is 11.9 Å². The number of hydrogen-bond donors (Lipinski definition) is 0. The Kier molecular flexibility index (Phi) is 5.09. The summed E-state index contributed by atoms with van der Waals surface area (Å²) in [6.45, 7) is 0. The van der Waals surface area contributed by atoms with Crippen LogP contribution in [0.3, 0.4) is 0 Å². The van der Waals surface area contributed by atoms with Crippen molar-refractivity contribution in [2.24, 2.45) is 0 Å². The van der Waals surface area contributed by atoms with Gasteiger partial charge in [0.1, 0.15) is 11.9 Å². The van der Waals surface area contributed by atoms with Gasteiger partial charge in [0.05, 0.1) is 5.56 Å². The Balaban J connectivity index is 0.000001000. The molecule has 0 unspecified atom stereocenters. The molecule has 0 saturated carbocycles. The minimum Gasteiger partial charge on any atom is -0.343 e. The van der Waals surface area contributed by atoms with Gasteiger partial charge >= 0.3 is 5.97 Å². The number of halogens is 1. The second-order valence-electron chi connectivity index (χ2n) is 1.73. The number of benzene rings is 1. The molecule has 0 N–H and O–H groups in total. The van der Waals surface area contributed by atoms with Gasteiger partial charge in [-0.15, -0.1) is 0 Å². The summed E-state index contributed by atoms with van der Waals surface area (Å²) in [4.78, 5) is 10.7. The van der Waals surface area contributed by atoms with Gasteiger partial charge in [0.2, 0.25) is 0 Å². The van der Waals surface area contributed by atoms with Crippen molar-refractivity contribution in [3.63, 3.8) is 0 Å². The molecule has 0 heterocycles. The van der Waals surface area contributed by atoms with Crippen LogP contribution in [-0.2, 0) is 23.8 Å². The van der Waals surface area contributed by atoms with Gasteiger partial charge in [-0.25, -0.2) is 4.79 Å². The summed E-state index contributed by atoms with van der Waals surface area (Å²) in [5, 5.41) is 0. The first-order chi connectivity index (χ1) is 4.84. The number of carbonyl (C=O) groups excluding carboxylic acids is 1. The largest absolute Gasteiger partial charge is 0.356 e. The number of carbonyl (C=O) groups is 1. The van der Waals surface area contributed by atoms with E-state index in [1.807, 2.05) is 6.07 Å². The average molecular weight is 222 g/mol. The van der Waals surface area contributed by atoms with E-state index in [0.29, 0.717) is 5.56 Å². The zero-order chi connectivity index (χ0) is 7.40. The van der Waals surface area contributed by atoms with E-state index in [0.717, 1.165) is 0 Å². The van der Waals surface area contributed by atoms with Crippen molar-refractivity contribution in [1.29, 1.82) is 0 Å². The molecule has 11 heavy (non-hydrogen) atoms. The van der Waals surface area contributed by atoms with E-state index in [1.165, 1.54) is 0 Å². The molecule has 0 atom stereocenters. The van der Waals surface area contributed by atoms with Gasteiger partial charge in [0.15, 0.2) is 0 Å². The summed E-state index contributed by atoms with van der Waals surface area (Å²) < 4.78 is 3.97. The van der Waals surface area contributed by atoms with Crippen LogP contribution in [0.1, 0.15) is 10.4 Å². The molecule has 0 saturated heterocycles. The van der Waals surface area contributed by atoms with Crippen molar-refractivity contribution < 1.29 is 28.6 Å². The van der Waals surface area contributed by atoms with Crippen LogP contribution >= 0.6 is 11.9 Å². The van der Waals surface area contributed by atoms with E-state index in [-0.39, 0.29) is 19.5 Å². The van der Waals surface area contributed by atoms with Gasteiger partial charge in [-0.3, -0.25) is 0 Å². The second-order valence-corrected chi connectivity index (χ2v) is 1.88. The monoisotopic (exact) mass is 220 g/mol. The molecule has 0 bridgehead atoms. The molecular weight excluding hydrogens is 217 g/mol. The summed E-state index contributed by atoms with van der Waals surface area (Å²) >= 11 is 4.84. The Bertz CT molecular complexity index is 225. The fraction of sp³-hybridized carbons (Fsp3) is 0. The van der Waals surface area contributed by atoms with Crippen LogP contribution in [0, 0.1) is 0 Å². The van der Waals surface area contributed by atoms with E-state index in [1.54, 1.807) is 24.3 Å². The maximum atomic E-state index is 10.7. The Labute approximate surface area is 82.4 Å². The van der Waals surface area contributed by atoms with Crippen LogP contribution in [0.5, 0.6) is 0 Å². The first-order valence-electron chi connectivity index (χ1n) is 2.72. The zero-order valence-corrected chi connectivity index (χ0v) is 9.51. The molecule has 0 spiro atoms. The van der Waals surface area contributed by atoms with Gasteiger partial charge in [0, 0.05) is 19.5 Å². The minimum absolute atomic E-state index is 0. The Hall–Kier alpha value is -0.397. The van der Waals surface area contributed by atoms with Gasteiger partial charge in [-0.2, -0.15) is 0 Å². The predicted molar refractivity (Wildman–Crippen MR) is 37.7 cm³/mol. The zero-order valence-electron chi connectivity index (χ0n) is 5.79. The summed E-state index contributed by atoms with van der Waals surface area (Å²) in [5.74, 6) is -0.526. The first kappa shape index (κ1) is 10.6. The van der Waals surface area contributed by atoms with Crippen LogP contribution < -0.4 is 0 Å². The van der Waals surface area contributed by atoms with E-state index < -0.39 is 5.97 Å². The standard InChI is InChI=1S/C7H5ClO2.Zn/c8-10-7(9)6-4-2-1-3-5-6;/h1-5H;. The molecular formula is C7H5ClO2Zn. The van der Waals surface area contributed by atoms with Crippen LogP contribution in [0.25, 0.3) is 0 Å². The second kappa shape index (κ2) is 5.28. The fourth-order valence-electron chi connectivity index (χ4n) is 0.619. The summed E-state index contributed by atoms with van der Waals surface area (Å²) in [6, 6.07) is 8.55. The number of rotatable bonds is 1. The third kappa shape index (κ3) is 3.00. The van der Waals surface area contributed by atoms with E-state index >= 15 is 0 Å². The van der Waals surface area contributed by atoms with Gasteiger partial charge in [0.25, 0.3) is 0 Å². The third-order valence-electron chi connectivity index (χ3n) is 1.08. The molecule has 0 aliphatic heterocycles. The third-order valence-corrected chi connectivity index (χ3v) is 1.22. The van der Waals surface area contributed by atoms with Gasteiger partial charge in [-0.1, -0.05) is 18.2 Å². The van der Waals surface area contributed by atoms with Crippen molar-refractivity contribution in [3.8, 4) is 0 Å². The van der Waals surface area contributed by atoms with Gasteiger partial charge in [-0.05, 0) is 12.1 Å². The first-order valence-corrected chi connectivity index (χ1v) is 3.03. The Morgan fingerprint density at radius 2 is 1.82 bits per heavy atom. The molecule has 1 aromatic carbocycles. The smallest absolute Gasteiger partial charge is 0.343 e. The van der Waals surface area contributed by atoms with Crippen molar-refractivity contribution in [1.82, 2.24) is 0 Å². The molecule has 4 heteroatoms. The van der Waals surface area contributed by atoms with E-state index in [2.05, 4.69) is 4.29 Å². The molecule has 54 valence electrons. The molecule has 1 aromatic rings. The van der Waals surface area contributed by atoms with E-state index in [9.17, 15) is 4.79 Å². The molecule has 2 nitrogen and oxygen atoms in total. The van der Waals surface area contributed by atoms with Crippen molar-refractivity contribution in [2.75, 3.05) is 0 Å². The SMILES string of the molecule is O=C(OCl)c1ccccc1.[Zn]. The maximum absolute atomic E-state index is 10.7. The summed E-state index contributed by atoms with van der Waals surface area (Å²) in [6.07, 6.45) is 0. The molecule has 0 amide bonds. The normalized spacial score (nSPS) is 8.09. The minimum atomic E-state index is -0.526. The van der Waals surface area contributed by atoms with Crippen LogP contribution in [0.4, 0.5) is 0 Å². The quantitative estimate of drug-likeness (QED) is 0.679. The maximum Gasteiger partial charge on any atom is 0.356 e. The summed E-state index contributed by atoms with van der Waals surface area (Å²) in [7, 11) is 0. The average Bonchev–Trinajstić information content (AvgIpc) is 2.05. The topological polar surface area (TPSA) is 26.3 Å². The van der Waals surface area contributed by atoms with Crippen LogP contribution in [-0.4, -0.2) is 5.97 Å². The van der Waals surface area contributed by atoms with Gasteiger partial charge < -0.3 is 4.29 Å².